The van der Waals surface area contributed by atoms with Crippen molar-refractivity contribution in [3.63, 3.8) is 0 Å². The maximum Gasteiger partial charge on any atom is 0.0126 e. The summed E-state index contributed by atoms with van der Waals surface area (Å²) in [5.74, 6) is 3.06. The van der Waals surface area contributed by atoms with Gasteiger partial charge in [-0.3, -0.25) is 0 Å². The monoisotopic (exact) mass is 167 g/mol. The average molecular weight is 167 g/mol. The molecule has 12 heavy (non-hydrogen) atoms. The smallest absolute Gasteiger partial charge is 0.0126 e. The lowest BCUT2D eigenvalue weighted by Gasteiger charge is -2.34. The second-order valence-electron chi connectivity index (χ2n) is 4.65. The van der Waals surface area contributed by atoms with Gasteiger partial charge in [0.1, 0.15) is 0 Å². The fraction of sp³-hybridized carbons (Fsp3) is 1.00. The Bertz CT molecular complexity index is 146. The van der Waals surface area contributed by atoms with Crippen LogP contribution in [0.15, 0.2) is 0 Å². The van der Waals surface area contributed by atoms with Gasteiger partial charge >= 0.3 is 0 Å². The van der Waals surface area contributed by atoms with Crippen molar-refractivity contribution in [2.24, 2.45) is 17.8 Å². The minimum Gasteiger partial charge on any atom is -0.314 e. The van der Waals surface area contributed by atoms with Crippen LogP contribution in [0.2, 0.25) is 0 Å². The molecule has 1 nitrogen and oxygen atoms in total. The van der Waals surface area contributed by atoms with Gasteiger partial charge in [0, 0.05) is 6.04 Å². The van der Waals surface area contributed by atoms with E-state index in [2.05, 4.69) is 19.2 Å². The molecular weight excluding hydrogens is 146 g/mol. The van der Waals surface area contributed by atoms with Gasteiger partial charge in [-0.1, -0.05) is 20.3 Å². The topological polar surface area (TPSA) is 12.0 Å². The second-order valence-corrected chi connectivity index (χ2v) is 4.65. The molecule has 2 rings (SSSR count). The van der Waals surface area contributed by atoms with Crippen molar-refractivity contribution in [1.29, 1.82) is 0 Å². The molecule has 1 heteroatoms. The van der Waals surface area contributed by atoms with E-state index < -0.39 is 0 Å². The lowest BCUT2D eigenvalue weighted by atomic mass is 9.77. The zero-order valence-corrected chi connectivity index (χ0v) is 8.34. The predicted octanol–water partition coefficient (Wildman–Crippen LogP) is 2.42. The highest BCUT2D eigenvalue weighted by Crippen LogP contribution is 2.46. The van der Waals surface area contributed by atoms with Crippen molar-refractivity contribution in [3.8, 4) is 0 Å². The highest BCUT2D eigenvalue weighted by Gasteiger charge is 2.43. The molecule has 0 aromatic carbocycles. The first-order chi connectivity index (χ1) is 5.83. The van der Waals surface area contributed by atoms with E-state index in [9.17, 15) is 0 Å². The zero-order chi connectivity index (χ0) is 8.55. The van der Waals surface area contributed by atoms with Crippen molar-refractivity contribution in [3.05, 3.63) is 0 Å². The van der Waals surface area contributed by atoms with Crippen LogP contribution in [0.3, 0.4) is 0 Å². The molecule has 1 N–H and O–H groups in total. The van der Waals surface area contributed by atoms with Gasteiger partial charge in [-0.15, -0.1) is 0 Å². The Morgan fingerprint density at radius 2 is 2.08 bits per heavy atom. The zero-order valence-electron chi connectivity index (χ0n) is 8.34. The van der Waals surface area contributed by atoms with Crippen molar-refractivity contribution < 1.29 is 0 Å². The van der Waals surface area contributed by atoms with Crippen LogP contribution in [0.4, 0.5) is 0 Å². The minimum absolute atomic E-state index is 0.874. The lowest BCUT2D eigenvalue weighted by Crippen LogP contribution is -2.41. The van der Waals surface area contributed by atoms with Crippen LogP contribution in [-0.2, 0) is 0 Å². The molecule has 0 heterocycles. The summed E-state index contributed by atoms with van der Waals surface area (Å²) in [6.07, 6.45) is 5.93. The number of hydrogen-bond donors (Lipinski definition) is 1. The van der Waals surface area contributed by atoms with E-state index in [1.54, 1.807) is 0 Å². The second kappa shape index (κ2) is 3.37. The van der Waals surface area contributed by atoms with Gasteiger partial charge in [-0.05, 0) is 43.6 Å². The Balaban J connectivity index is 1.84. The van der Waals surface area contributed by atoms with Gasteiger partial charge in [0.15, 0.2) is 0 Å². The van der Waals surface area contributed by atoms with Gasteiger partial charge < -0.3 is 5.32 Å². The van der Waals surface area contributed by atoms with E-state index >= 15 is 0 Å². The van der Waals surface area contributed by atoms with Crippen LogP contribution in [0.5, 0.6) is 0 Å². The van der Waals surface area contributed by atoms with Crippen LogP contribution in [0.1, 0.15) is 39.5 Å². The van der Waals surface area contributed by atoms with Gasteiger partial charge in [0.2, 0.25) is 0 Å². The predicted molar refractivity (Wildman–Crippen MR) is 52.1 cm³/mol. The Labute approximate surface area is 75.9 Å². The summed E-state index contributed by atoms with van der Waals surface area (Å²) in [5.41, 5.74) is 0. The quantitative estimate of drug-likeness (QED) is 0.678. The van der Waals surface area contributed by atoms with Crippen molar-refractivity contribution in [1.82, 2.24) is 5.32 Å². The van der Waals surface area contributed by atoms with Crippen molar-refractivity contribution >= 4 is 0 Å². The lowest BCUT2D eigenvalue weighted by molar-refractivity contribution is 0.207. The van der Waals surface area contributed by atoms with Gasteiger partial charge in [0.05, 0.1) is 0 Å². The maximum absolute atomic E-state index is 3.68. The first kappa shape index (κ1) is 8.55. The molecule has 2 aliphatic rings. The Morgan fingerprint density at radius 1 is 1.42 bits per heavy atom. The number of hydrogen-bond acceptors (Lipinski definition) is 1. The van der Waals surface area contributed by atoms with Crippen LogP contribution < -0.4 is 5.32 Å². The Kier molecular flexibility index (Phi) is 2.40. The molecule has 0 amide bonds. The third-order valence-electron chi connectivity index (χ3n) is 3.73. The standard InChI is InChI=1S/C11H21N/c1-3-12-11(9-5-4-6-9)10-7-8(10)2/h8-12H,3-7H2,1-2H3. The van der Waals surface area contributed by atoms with Gasteiger partial charge in [0.25, 0.3) is 0 Å². The summed E-state index contributed by atoms with van der Waals surface area (Å²) < 4.78 is 0. The van der Waals surface area contributed by atoms with E-state index in [-0.39, 0.29) is 0 Å². The minimum atomic E-state index is 0.874. The van der Waals surface area contributed by atoms with E-state index in [1.807, 2.05) is 0 Å². The van der Waals surface area contributed by atoms with Crippen LogP contribution in [-0.4, -0.2) is 12.6 Å². The molecule has 2 saturated carbocycles. The number of rotatable bonds is 4. The summed E-state index contributed by atoms with van der Waals surface area (Å²) in [6.45, 7) is 5.79. The molecule has 2 fully saturated rings. The molecule has 0 aromatic heterocycles. The Morgan fingerprint density at radius 3 is 2.42 bits per heavy atom. The van der Waals surface area contributed by atoms with E-state index in [1.165, 1.54) is 25.7 Å². The summed E-state index contributed by atoms with van der Waals surface area (Å²) in [5, 5.41) is 3.68. The largest absolute Gasteiger partial charge is 0.314 e. The van der Waals surface area contributed by atoms with Gasteiger partial charge in [-0.2, -0.15) is 0 Å². The van der Waals surface area contributed by atoms with Crippen molar-refractivity contribution in [2.45, 2.75) is 45.6 Å². The van der Waals surface area contributed by atoms with Crippen LogP contribution in [0, 0.1) is 17.8 Å². The van der Waals surface area contributed by atoms with E-state index in [0.717, 1.165) is 30.3 Å². The summed E-state index contributed by atoms with van der Waals surface area (Å²) in [4.78, 5) is 0. The molecule has 0 bridgehead atoms. The van der Waals surface area contributed by atoms with Crippen LogP contribution in [0.25, 0.3) is 0 Å². The number of nitrogens with one attached hydrogen (secondary N) is 1. The first-order valence-corrected chi connectivity index (χ1v) is 5.56. The molecule has 3 atom stereocenters. The molecule has 0 saturated heterocycles. The van der Waals surface area contributed by atoms with Gasteiger partial charge in [-0.25, -0.2) is 0 Å². The van der Waals surface area contributed by atoms with Crippen molar-refractivity contribution in [2.75, 3.05) is 6.54 Å². The summed E-state index contributed by atoms with van der Waals surface area (Å²) in [6, 6.07) is 0.874. The SMILES string of the molecule is CCNC(C1CCC1)C1CC1C. The highest BCUT2D eigenvalue weighted by atomic mass is 14.9. The third-order valence-corrected chi connectivity index (χ3v) is 3.73. The molecular formula is C11H21N. The maximum atomic E-state index is 3.68. The third kappa shape index (κ3) is 1.52. The molecule has 0 aromatic rings. The normalized spacial score (nSPS) is 37.5. The van der Waals surface area contributed by atoms with Crippen LogP contribution >= 0.6 is 0 Å². The first-order valence-electron chi connectivity index (χ1n) is 5.56. The molecule has 3 unspecified atom stereocenters. The molecule has 0 radical (unpaired) electrons. The Hall–Kier alpha value is -0.0400. The fourth-order valence-electron chi connectivity index (χ4n) is 2.55. The highest BCUT2D eigenvalue weighted by molar-refractivity contribution is 4.97. The molecule has 2 aliphatic carbocycles. The summed E-state index contributed by atoms with van der Waals surface area (Å²) in [7, 11) is 0. The molecule has 0 aliphatic heterocycles. The average Bonchev–Trinajstić information content (AvgIpc) is 2.62. The van der Waals surface area contributed by atoms with E-state index in [0.29, 0.717) is 0 Å². The summed E-state index contributed by atoms with van der Waals surface area (Å²) >= 11 is 0. The van der Waals surface area contributed by atoms with E-state index in [4.69, 9.17) is 0 Å². The fourth-order valence-corrected chi connectivity index (χ4v) is 2.55. The molecule has 70 valence electrons. The molecule has 0 spiro atoms.